The number of hydrogen-bond acceptors (Lipinski definition) is 4. The molecule has 0 saturated heterocycles. The van der Waals surface area contributed by atoms with Crippen LogP contribution in [0.25, 0.3) is 0 Å². The Morgan fingerprint density at radius 1 is 1.00 bits per heavy atom. The van der Waals surface area contributed by atoms with Gasteiger partial charge in [0, 0.05) is 10.3 Å². The predicted octanol–water partition coefficient (Wildman–Crippen LogP) is -3.74. The molecule has 0 fully saturated rings. The first-order valence-corrected chi connectivity index (χ1v) is 2.21. The van der Waals surface area contributed by atoms with Crippen LogP contribution in [0.3, 0.4) is 0 Å². The molecule has 4 N–H and O–H groups in total. The number of nitrogens with two attached hydrogens (primary N) is 2. The quantitative estimate of drug-likeness (QED) is 0.326. The number of thiocarbonyl (C=S) groups is 2. The molecule has 52 valence electrons. The van der Waals surface area contributed by atoms with Crippen LogP contribution in [0.15, 0.2) is 0 Å². The van der Waals surface area contributed by atoms with Crippen molar-refractivity contribution in [1.82, 2.24) is 0 Å². The molecule has 0 aromatic heterocycles. The van der Waals surface area contributed by atoms with E-state index >= 15 is 0 Å². The van der Waals surface area contributed by atoms with Gasteiger partial charge in [-0.3, -0.25) is 0 Å². The van der Waals surface area contributed by atoms with Crippen molar-refractivity contribution < 1.29 is 10.2 Å². The molecule has 0 unspecified atom stereocenters. The Balaban J connectivity index is -0.0000000720. The maximum absolute atomic E-state index is 9.04. The van der Waals surface area contributed by atoms with E-state index in [1.165, 1.54) is 0 Å². The molecular formula is C2H6GeN2O2S2. The van der Waals surface area contributed by atoms with Crippen molar-refractivity contribution >= 4 is 52.4 Å². The summed E-state index contributed by atoms with van der Waals surface area (Å²) in [5.74, 6) is 0. The zero-order valence-electron chi connectivity index (χ0n) is 4.49. The van der Waals surface area contributed by atoms with Gasteiger partial charge in [-0.15, -0.1) is 0 Å². The zero-order valence-corrected chi connectivity index (χ0v) is 9.09. The van der Waals surface area contributed by atoms with E-state index in [9.17, 15) is 0 Å². The van der Waals surface area contributed by atoms with E-state index in [0.717, 1.165) is 0 Å². The molecule has 0 rings (SSSR count). The fraction of sp³-hybridized carbons (Fsp3) is 0. The molecule has 0 aliphatic rings. The van der Waals surface area contributed by atoms with Crippen molar-refractivity contribution in [2.24, 2.45) is 11.5 Å². The second kappa shape index (κ2) is 10.8. The summed E-state index contributed by atoms with van der Waals surface area (Å²) in [6.45, 7) is 0. The van der Waals surface area contributed by atoms with Crippen LogP contribution in [0.1, 0.15) is 0 Å². The molecule has 0 atom stereocenters. The summed E-state index contributed by atoms with van der Waals surface area (Å²) in [7, 11) is 0. The summed E-state index contributed by atoms with van der Waals surface area (Å²) in [5, 5.41) is 16.6. The monoisotopic (exact) mass is 228 g/mol. The van der Waals surface area contributed by atoms with Gasteiger partial charge in [0.25, 0.3) is 0 Å². The number of hydrogen-bond donors (Lipinski definition) is 2. The molecule has 0 spiro atoms. The van der Waals surface area contributed by atoms with Gasteiger partial charge < -0.3 is 21.7 Å². The van der Waals surface area contributed by atoms with Crippen LogP contribution >= 0.6 is 24.4 Å². The van der Waals surface area contributed by atoms with Crippen LogP contribution in [0.2, 0.25) is 0 Å². The number of rotatable bonds is 0. The molecule has 0 aromatic carbocycles. The Labute approximate surface area is 74.2 Å². The summed E-state index contributed by atoms with van der Waals surface area (Å²) < 4.78 is 0. The molecule has 7 heteroatoms. The molecule has 0 amide bonds. The molecule has 0 heterocycles. The summed E-state index contributed by atoms with van der Waals surface area (Å²) in [6.07, 6.45) is 0. The Kier molecular flexibility index (Phi) is 19.2. The third kappa shape index (κ3) is 46700. The molecule has 4 nitrogen and oxygen atoms in total. The van der Waals surface area contributed by atoms with Crippen molar-refractivity contribution in [2.75, 3.05) is 0 Å². The van der Waals surface area contributed by atoms with Gasteiger partial charge in [-0.05, 0) is 0 Å². The fourth-order valence-electron chi connectivity index (χ4n) is 0. The Morgan fingerprint density at radius 3 is 1.00 bits per heavy atom. The topological polar surface area (TPSA) is 98.2 Å². The van der Waals surface area contributed by atoms with E-state index in [4.69, 9.17) is 10.2 Å². The first-order valence-electron chi connectivity index (χ1n) is 1.39. The van der Waals surface area contributed by atoms with Gasteiger partial charge in [-0.1, -0.05) is 24.4 Å². The first kappa shape index (κ1) is 16.0. The van der Waals surface area contributed by atoms with Crippen LogP contribution < -0.4 is 21.7 Å². The first-order chi connectivity index (χ1) is 3.46. The summed E-state index contributed by atoms with van der Waals surface area (Å²) >= 11 is 7.52. The summed E-state index contributed by atoms with van der Waals surface area (Å²) in [4.78, 5) is 0. The maximum atomic E-state index is 9.04. The fourth-order valence-corrected chi connectivity index (χ4v) is 0. The van der Waals surface area contributed by atoms with Crippen molar-refractivity contribution in [3.63, 3.8) is 0 Å². The van der Waals surface area contributed by atoms with Crippen LogP contribution in [-0.4, -0.2) is 27.9 Å². The summed E-state index contributed by atoms with van der Waals surface area (Å²) in [5.41, 5.74) is 8.57. The summed E-state index contributed by atoms with van der Waals surface area (Å²) in [6, 6.07) is 0. The molecule has 0 aliphatic heterocycles. The SMILES string of the molecule is NC([O-])=S.NC([O-])=S.[GeH2+2]. The van der Waals surface area contributed by atoms with Crippen molar-refractivity contribution in [1.29, 1.82) is 0 Å². The second-order valence-electron chi connectivity index (χ2n) is 0.638. The minimum atomic E-state index is -0.750. The Morgan fingerprint density at radius 2 is 1.00 bits per heavy atom. The van der Waals surface area contributed by atoms with Crippen LogP contribution in [-0.2, 0) is 0 Å². The zero-order chi connectivity index (χ0) is 7.15. The molecule has 0 bridgehead atoms. The molecular weight excluding hydrogens is 221 g/mol. The third-order valence-electron chi connectivity index (χ3n) is 0. The van der Waals surface area contributed by atoms with Gasteiger partial charge >= 0.3 is 17.6 Å². The van der Waals surface area contributed by atoms with Crippen molar-refractivity contribution in [2.45, 2.75) is 0 Å². The van der Waals surface area contributed by atoms with E-state index in [-0.39, 0.29) is 17.6 Å². The van der Waals surface area contributed by atoms with E-state index in [0.29, 0.717) is 0 Å². The van der Waals surface area contributed by atoms with Crippen LogP contribution in [0.5, 0.6) is 0 Å². The third-order valence-corrected chi connectivity index (χ3v) is 0. The van der Waals surface area contributed by atoms with E-state index in [2.05, 4.69) is 35.9 Å². The molecule has 0 aromatic rings. The molecule has 0 radical (unpaired) electrons. The Hall–Kier alpha value is -0.0771. The van der Waals surface area contributed by atoms with Crippen molar-refractivity contribution in [3.8, 4) is 0 Å². The van der Waals surface area contributed by atoms with Gasteiger partial charge in [0.15, 0.2) is 0 Å². The standard InChI is InChI=1S/2CH3NOS.GeH2/c2*2-1(3)4;/h2*(H3,2,3,4);1H2/q;;+2/p-2. The van der Waals surface area contributed by atoms with E-state index < -0.39 is 10.3 Å². The average molecular weight is 227 g/mol. The van der Waals surface area contributed by atoms with Gasteiger partial charge in [-0.25, -0.2) is 0 Å². The van der Waals surface area contributed by atoms with Gasteiger partial charge in [0.05, 0.1) is 0 Å². The van der Waals surface area contributed by atoms with Crippen LogP contribution in [0, 0.1) is 0 Å². The molecule has 9 heavy (non-hydrogen) atoms. The normalized spacial score (nSPS) is 5.33. The molecule has 0 saturated carbocycles. The van der Waals surface area contributed by atoms with Crippen LogP contribution in [0.4, 0.5) is 0 Å². The molecule has 0 aliphatic carbocycles. The van der Waals surface area contributed by atoms with Gasteiger partial charge in [0.2, 0.25) is 0 Å². The van der Waals surface area contributed by atoms with Gasteiger partial charge in [-0.2, -0.15) is 0 Å². The Bertz CT molecular complexity index is 78.6. The predicted molar refractivity (Wildman–Crippen MR) is 42.1 cm³/mol. The minimum absolute atomic E-state index is 0. The average Bonchev–Trinajstić information content (AvgIpc) is 1.25. The second-order valence-corrected chi connectivity index (χ2v) is 1.44. The van der Waals surface area contributed by atoms with E-state index in [1.807, 2.05) is 0 Å². The van der Waals surface area contributed by atoms with Gasteiger partial charge in [0.1, 0.15) is 0 Å². The van der Waals surface area contributed by atoms with E-state index in [1.54, 1.807) is 0 Å². The van der Waals surface area contributed by atoms with Crippen molar-refractivity contribution in [3.05, 3.63) is 0 Å².